The Labute approximate surface area is 202 Å². The maximum absolute atomic E-state index is 13.1. The Morgan fingerprint density at radius 3 is 2.57 bits per heavy atom. The van der Waals surface area contributed by atoms with Gasteiger partial charge in [0.15, 0.2) is 11.5 Å². The van der Waals surface area contributed by atoms with Crippen LogP contribution in [-0.4, -0.2) is 67.5 Å². The van der Waals surface area contributed by atoms with Crippen molar-refractivity contribution in [3.63, 3.8) is 0 Å². The lowest BCUT2D eigenvalue weighted by molar-refractivity contribution is 0.276. The van der Waals surface area contributed by atoms with Crippen molar-refractivity contribution in [1.29, 1.82) is 0 Å². The number of hydrogen-bond donors (Lipinski definition) is 2. The lowest BCUT2D eigenvalue weighted by atomic mass is 10.2. The molecule has 1 fully saturated rings. The minimum absolute atomic E-state index is 0.204. The average Bonchev–Trinajstić information content (AvgIpc) is 3.16. The van der Waals surface area contributed by atoms with Gasteiger partial charge in [0.2, 0.25) is 5.95 Å². The third kappa shape index (κ3) is 4.53. The van der Waals surface area contributed by atoms with Crippen LogP contribution in [0.1, 0.15) is 5.69 Å². The Balaban J connectivity index is 1.48. The first-order valence-electron chi connectivity index (χ1n) is 11.5. The maximum atomic E-state index is 13.1. The van der Waals surface area contributed by atoms with Gasteiger partial charge in [0, 0.05) is 43.8 Å². The van der Waals surface area contributed by atoms with E-state index in [0.717, 1.165) is 31.9 Å². The van der Waals surface area contributed by atoms with Crippen molar-refractivity contribution in [1.82, 2.24) is 29.2 Å². The molecule has 4 heterocycles. The van der Waals surface area contributed by atoms with Crippen LogP contribution in [0, 0.1) is 0 Å². The molecule has 4 aromatic rings. The summed E-state index contributed by atoms with van der Waals surface area (Å²) in [5.74, 6) is 0.847. The molecule has 0 bridgehead atoms. The van der Waals surface area contributed by atoms with Gasteiger partial charge < -0.3 is 20.2 Å². The molecule has 0 radical (unpaired) electrons. The number of aromatic nitrogens is 5. The summed E-state index contributed by atoms with van der Waals surface area (Å²) in [7, 11) is 2.14. The van der Waals surface area contributed by atoms with E-state index >= 15 is 0 Å². The second-order valence-electron chi connectivity index (χ2n) is 8.53. The van der Waals surface area contributed by atoms with Crippen LogP contribution < -0.4 is 15.8 Å². The highest BCUT2D eigenvalue weighted by Gasteiger charge is 2.18. The van der Waals surface area contributed by atoms with Crippen LogP contribution in [0.25, 0.3) is 16.9 Å². The summed E-state index contributed by atoms with van der Waals surface area (Å²) in [6.07, 6.45) is 3.17. The van der Waals surface area contributed by atoms with E-state index in [1.54, 1.807) is 29.0 Å². The highest BCUT2D eigenvalue weighted by atomic mass is 16.3. The van der Waals surface area contributed by atoms with Gasteiger partial charge in [-0.25, -0.2) is 19.3 Å². The van der Waals surface area contributed by atoms with Gasteiger partial charge >= 0.3 is 0 Å². The van der Waals surface area contributed by atoms with Gasteiger partial charge in [0.25, 0.3) is 5.56 Å². The number of fused-ring (bicyclic) bond motifs is 1. The largest absolute Gasteiger partial charge is 0.390 e. The van der Waals surface area contributed by atoms with Crippen LogP contribution in [0.3, 0.4) is 0 Å². The van der Waals surface area contributed by atoms with Gasteiger partial charge in [-0.15, -0.1) is 6.58 Å². The zero-order chi connectivity index (χ0) is 24.4. The van der Waals surface area contributed by atoms with Crippen LogP contribution in [-0.2, 0) is 13.2 Å². The smallest absolute Gasteiger partial charge is 0.278 e. The van der Waals surface area contributed by atoms with Crippen molar-refractivity contribution < 1.29 is 5.11 Å². The number of pyridine rings is 1. The molecule has 1 saturated heterocycles. The highest BCUT2D eigenvalue weighted by Crippen LogP contribution is 2.22. The summed E-state index contributed by atoms with van der Waals surface area (Å²) in [5.41, 5.74) is 2.72. The topological polar surface area (TPSA) is 104 Å². The first-order valence-corrected chi connectivity index (χ1v) is 11.5. The van der Waals surface area contributed by atoms with E-state index in [1.165, 1.54) is 16.6 Å². The predicted molar refractivity (Wildman–Crippen MR) is 136 cm³/mol. The molecule has 0 spiro atoms. The fourth-order valence-electron chi connectivity index (χ4n) is 4.23. The molecule has 0 amide bonds. The van der Waals surface area contributed by atoms with Crippen molar-refractivity contribution in [3.8, 4) is 5.82 Å². The van der Waals surface area contributed by atoms with Crippen molar-refractivity contribution in [2.24, 2.45) is 0 Å². The standard InChI is InChI=1S/C25H28N8O2/c1-3-11-32-24(35)21-16-26-25(29-23(21)33(32)22-6-4-5-19(17-34)27-22)28-18-7-9-20(10-8-18)31-14-12-30(2)13-15-31/h3-10,16,34H,1,11-15,17H2,2H3,(H,26,28,29). The van der Waals surface area contributed by atoms with Crippen molar-refractivity contribution in [2.75, 3.05) is 43.4 Å². The highest BCUT2D eigenvalue weighted by molar-refractivity contribution is 5.77. The summed E-state index contributed by atoms with van der Waals surface area (Å²) < 4.78 is 3.15. The molecule has 3 aromatic heterocycles. The van der Waals surface area contributed by atoms with Crippen LogP contribution in [0.2, 0.25) is 0 Å². The number of nitrogens with zero attached hydrogens (tertiary/aromatic N) is 7. The molecule has 35 heavy (non-hydrogen) atoms. The van der Waals surface area contributed by atoms with Crippen LogP contribution >= 0.6 is 0 Å². The predicted octanol–water partition coefficient (Wildman–Crippen LogP) is 2.15. The Hall–Kier alpha value is -4.02. The summed E-state index contributed by atoms with van der Waals surface area (Å²) in [6.45, 7) is 7.96. The number of hydrogen-bond acceptors (Lipinski definition) is 8. The summed E-state index contributed by atoms with van der Waals surface area (Å²) in [5, 5.41) is 13.1. The quantitative estimate of drug-likeness (QED) is 0.395. The molecule has 0 unspecified atom stereocenters. The van der Waals surface area contributed by atoms with Gasteiger partial charge in [-0.2, -0.15) is 4.98 Å². The minimum Gasteiger partial charge on any atom is -0.390 e. The van der Waals surface area contributed by atoms with Crippen LogP contribution in [0.5, 0.6) is 0 Å². The number of aliphatic hydroxyl groups is 1. The molecule has 1 aliphatic rings. The second kappa shape index (κ2) is 9.69. The third-order valence-electron chi connectivity index (χ3n) is 6.14. The number of allylic oxidation sites excluding steroid dienone is 1. The number of benzene rings is 1. The molecule has 1 aromatic carbocycles. The third-order valence-corrected chi connectivity index (χ3v) is 6.14. The lowest BCUT2D eigenvalue weighted by Crippen LogP contribution is -2.44. The zero-order valence-electron chi connectivity index (χ0n) is 19.6. The fourth-order valence-corrected chi connectivity index (χ4v) is 4.23. The van der Waals surface area contributed by atoms with Crippen molar-refractivity contribution in [3.05, 3.63) is 77.4 Å². The monoisotopic (exact) mass is 472 g/mol. The van der Waals surface area contributed by atoms with Crippen molar-refractivity contribution in [2.45, 2.75) is 13.2 Å². The Kier molecular flexibility index (Phi) is 6.30. The number of piperazine rings is 1. The first-order chi connectivity index (χ1) is 17.1. The number of nitrogens with one attached hydrogen (secondary N) is 1. The first kappa shape index (κ1) is 22.8. The van der Waals surface area contributed by atoms with E-state index in [9.17, 15) is 9.90 Å². The van der Waals surface area contributed by atoms with Gasteiger partial charge in [-0.05, 0) is 43.4 Å². The van der Waals surface area contributed by atoms with Gasteiger partial charge in [0.1, 0.15) is 5.39 Å². The van der Waals surface area contributed by atoms with Crippen LogP contribution in [0.15, 0.2) is 66.1 Å². The van der Waals surface area contributed by atoms with Gasteiger partial charge in [-0.3, -0.25) is 4.79 Å². The lowest BCUT2D eigenvalue weighted by Gasteiger charge is -2.34. The van der Waals surface area contributed by atoms with E-state index in [2.05, 4.69) is 55.8 Å². The molecule has 1 aliphatic heterocycles. The molecule has 5 rings (SSSR count). The number of anilines is 3. The number of rotatable bonds is 7. The van der Waals surface area contributed by atoms with E-state index in [-0.39, 0.29) is 18.7 Å². The molecule has 0 saturated carbocycles. The molecular weight excluding hydrogens is 444 g/mol. The Morgan fingerprint density at radius 1 is 1.09 bits per heavy atom. The summed E-state index contributed by atoms with van der Waals surface area (Å²) >= 11 is 0. The van der Waals surface area contributed by atoms with Crippen molar-refractivity contribution >= 4 is 28.4 Å². The van der Waals surface area contributed by atoms with Crippen LogP contribution in [0.4, 0.5) is 17.3 Å². The molecule has 180 valence electrons. The van der Waals surface area contributed by atoms with Gasteiger partial charge in [0.05, 0.1) is 18.8 Å². The molecule has 0 atom stereocenters. The fraction of sp³-hybridized carbons (Fsp3) is 0.280. The normalized spacial score (nSPS) is 14.4. The number of aliphatic hydroxyl groups excluding tert-OH is 1. The van der Waals surface area contributed by atoms with E-state index in [0.29, 0.717) is 28.5 Å². The van der Waals surface area contributed by atoms with Gasteiger partial charge in [-0.1, -0.05) is 12.1 Å². The SMILES string of the molecule is C=CCn1c(=O)c2cnc(Nc3ccc(N4CCN(C)CC4)cc3)nc2n1-c1cccc(CO)n1. The molecule has 10 heteroatoms. The molecule has 0 aliphatic carbocycles. The Bertz CT molecular complexity index is 1400. The minimum atomic E-state index is -0.237. The maximum Gasteiger partial charge on any atom is 0.278 e. The second-order valence-corrected chi connectivity index (χ2v) is 8.53. The summed E-state index contributed by atoms with van der Waals surface area (Å²) in [6, 6.07) is 13.5. The molecule has 10 nitrogen and oxygen atoms in total. The average molecular weight is 473 g/mol. The zero-order valence-corrected chi connectivity index (χ0v) is 19.6. The van der Waals surface area contributed by atoms with E-state index in [1.807, 2.05) is 12.1 Å². The molecular formula is C25H28N8O2. The summed E-state index contributed by atoms with van der Waals surface area (Å²) in [4.78, 5) is 31.3. The molecule has 2 N–H and O–H groups in total. The Morgan fingerprint density at radius 2 is 1.86 bits per heavy atom. The van der Waals surface area contributed by atoms with E-state index in [4.69, 9.17) is 0 Å². The number of likely N-dealkylation sites (N-methyl/N-ethyl adjacent to an activating group) is 1. The van der Waals surface area contributed by atoms with E-state index < -0.39 is 0 Å².